The third kappa shape index (κ3) is 5.41. The van der Waals surface area contributed by atoms with Crippen molar-refractivity contribution in [3.05, 3.63) is 62.8 Å². The van der Waals surface area contributed by atoms with Gasteiger partial charge in [0.2, 0.25) is 0 Å². The Morgan fingerprint density at radius 2 is 1.96 bits per heavy atom. The van der Waals surface area contributed by atoms with Gasteiger partial charge in [0.1, 0.15) is 5.82 Å². The second-order valence-corrected chi connectivity index (χ2v) is 5.34. The van der Waals surface area contributed by atoms with Crippen LogP contribution in [0.5, 0.6) is 0 Å². The summed E-state index contributed by atoms with van der Waals surface area (Å²) in [6, 6.07) is 11.7. The number of hydrogen-bond donors (Lipinski definition) is 2. The second-order valence-electron chi connectivity index (χ2n) is 5.34. The van der Waals surface area contributed by atoms with Crippen LogP contribution in [0.15, 0.2) is 46.0 Å². The molecular formula is C17H23N3O3. The average Bonchev–Trinajstić information content (AvgIpc) is 2.55. The molecule has 6 heteroatoms. The number of H-pyrrole nitrogens is 1. The fraction of sp³-hybridized carbons (Fsp3) is 0.412. The van der Waals surface area contributed by atoms with Crippen LogP contribution in [0.1, 0.15) is 18.4 Å². The molecule has 1 aromatic heterocycles. The summed E-state index contributed by atoms with van der Waals surface area (Å²) in [7, 11) is 1.53. The summed E-state index contributed by atoms with van der Waals surface area (Å²) >= 11 is 0. The van der Waals surface area contributed by atoms with Crippen molar-refractivity contribution in [2.24, 2.45) is 0 Å². The van der Waals surface area contributed by atoms with Crippen molar-refractivity contribution in [1.82, 2.24) is 9.55 Å². The van der Waals surface area contributed by atoms with Crippen molar-refractivity contribution in [2.45, 2.75) is 25.8 Å². The highest BCUT2D eigenvalue weighted by Gasteiger charge is 2.03. The predicted octanol–water partition coefficient (Wildman–Crippen LogP) is 1.62. The summed E-state index contributed by atoms with van der Waals surface area (Å²) in [5.74, 6) is 0.466. The van der Waals surface area contributed by atoms with E-state index in [0.29, 0.717) is 19.0 Å². The van der Waals surface area contributed by atoms with Gasteiger partial charge in [0.05, 0.1) is 13.2 Å². The molecule has 6 nitrogen and oxygen atoms in total. The van der Waals surface area contributed by atoms with E-state index in [1.54, 1.807) is 0 Å². The standard InChI is InChI=1S/C17H23N3O3/c1-23-12-11-20-16(21)13-15(19-17(20)22)18-10-6-5-9-14-7-3-2-4-8-14/h2-4,7-8,13,18H,5-6,9-12H2,1H3,(H,19,22). The van der Waals surface area contributed by atoms with Gasteiger partial charge in [-0.15, -0.1) is 0 Å². The summed E-state index contributed by atoms with van der Waals surface area (Å²) in [6.45, 7) is 1.29. The predicted molar refractivity (Wildman–Crippen MR) is 91.1 cm³/mol. The summed E-state index contributed by atoms with van der Waals surface area (Å²) < 4.78 is 6.02. The van der Waals surface area contributed by atoms with Gasteiger partial charge >= 0.3 is 5.69 Å². The van der Waals surface area contributed by atoms with Gasteiger partial charge in [0.25, 0.3) is 5.56 Å². The number of rotatable bonds is 9. The number of unbranched alkanes of at least 4 members (excludes halogenated alkanes) is 1. The van der Waals surface area contributed by atoms with Crippen LogP contribution in [0.4, 0.5) is 5.82 Å². The fourth-order valence-corrected chi connectivity index (χ4v) is 2.33. The third-order valence-electron chi connectivity index (χ3n) is 3.59. The molecule has 0 unspecified atom stereocenters. The van der Waals surface area contributed by atoms with Crippen LogP contribution in [0.3, 0.4) is 0 Å². The Bertz CT molecular complexity index is 676. The molecule has 0 amide bonds. The number of ether oxygens (including phenoxy) is 1. The van der Waals surface area contributed by atoms with Gasteiger partial charge in [-0.1, -0.05) is 30.3 Å². The molecule has 2 aromatic rings. The molecule has 1 aromatic carbocycles. The minimum atomic E-state index is -0.415. The van der Waals surface area contributed by atoms with Crippen LogP contribution in [0, 0.1) is 0 Å². The van der Waals surface area contributed by atoms with E-state index >= 15 is 0 Å². The molecule has 0 saturated carbocycles. The lowest BCUT2D eigenvalue weighted by molar-refractivity contribution is 0.185. The van der Waals surface area contributed by atoms with Crippen molar-refractivity contribution in [1.29, 1.82) is 0 Å². The first-order valence-electron chi connectivity index (χ1n) is 7.81. The van der Waals surface area contributed by atoms with Crippen molar-refractivity contribution in [3.8, 4) is 0 Å². The number of anilines is 1. The molecule has 0 saturated heterocycles. The minimum Gasteiger partial charge on any atom is -0.383 e. The average molecular weight is 317 g/mol. The van der Waals surface area contributed by atoms with E-state index in [-0.39, 0.29) is 12.1 Å². The highest BCUT2D eigenvalue weighted by Crippen LogP contribution is 2.04. The molecule has 0 aliphatic carbocycles. The molecule has 1 heterocycles. The molecule has 23 heavy (non-hydrogen) atoms. The number of nitrogens with one attached hydrogen (secondary N) is 2. The Labute approximate surface area is 135 Å². The van der Waals surface area contributed by atoms with E-state index in [1.165, 1.54) is 18.7 Å². The molecule has 0 radical (unpaired) electrons. The maximum absolute atomic E-state index is 11.9. The quantitative estimate of drug-likeness (QED) is 0.689. The molecule has 0 fully saturated rings. The number of aromatic amines is 1. The van der Waals surface area contributed by atoms with Crippen LogP contribution >= 0.6 is 0 Å². The van der Waals surface area contributed by atoms with Gasteiger partial charge < -0.3 is 10.1 Å². The van der Waals surface area contributed by atoms with Crippen LogP contribution in [-0.2, 0) is 17.7 Å². The zero-order valence-electron chi connectivity index (χ0n) is 13.4. The molecule has 0 atom stereocenters. The van der Waals surface area contributed by atoms with Crippen LogP contribution in [0.2, 0.25) is 0 Å². The minimum absolute atomic E-state index is 0.252. The molecule has 0 aliphatic rings. The van der Waals surface area contributed by atoms with E-state index in [1.807, 2.05) is 18.2 Å². The monoisotopic (exact) mass is 317 g/mol. The number of hydrogen-bond acceptors (Lipinski definition) is 4. The molecular weight excluding hydrogens is 294 g/mol. The van der Waals surface area contributed by atoms with Gasteiger partial charge in [0, 0.05) is 19.7 Å². The molecule has 0 spiro atoms. The Balaban J connectivity index is 1.80. The normalized spacial score (nSPS) is 10.7. The fourth-order valence-electron chi connectivity index (χ4n) is 2.33. The Hall–Kier alpha value is -2.34. The maximum Gasteiger partial charge on any atom is 0.329 e. The first-order chi connectivity index (χ1) is 11.2. The van der Waals surface area contributed by atoms with E-state index in [2.05, 4.69) is 22.4 Å². The van der Waals surface area contributed by atoms with Crippen LogP contribution < -0.4 is 16.6 Å². The zero-order chi connectivity index (χ0) is 16.5. The first kappa shape index (κ1) is 17.0. The highest BCUT2D eigenvalue weighted by atomic mass is 16.5. The van der Waals surface area contributed by atoms with Gasteiger partial charge in [0.15, 0.2) is 0 Å². The van der Waals surface area contributed by atoms with Crippen LogP contribution in [-0.4, -0.2) is 29.8 Å². The number of methoxy groups -OCH3 is 1. The molecule has 0 aliphatic heterocycles. The smallest absolute Gasteiger partial charge is 0.329 e. The van der Waals surface area contributed by atoms with E-state index in [4.69, 9.17) is 4.74 Å². The van der Waals surface area contributed by atoms with E-state index in [0.717, 1.165) is 23.8 Å². The largest absolute Gasteiger partial charge is 0.383 e. The van der Waals surface area contributed by atoms with Crippen molar-refractivity contribution in [2.75, 3.05) is 25.6 Å². The van der Waals surface area contributed by atoms with Crippen LogP contribution in [0.25, 0.3) is 0 Å². The summed E-state index contributed by atoms with van der Waals surface area (Å²) in [5.41, 5.74) is 0.584. The lowest BCUT2D eigenvalue weighted by atomic mass is 10.1. The second kappa shape index (κ2) is 8.95. The summed E-state index contributed by atoms with van der Waals surface area (Å²) in [5, 5.41) is 3.10. The lowest BCUT2D eigenvalue weighted by Crippen LogP contribution is -2.36. The maximum atomic E-state index is 11.9. The highest BCUT2D eigenvalue weighted by molar-refractivity contribution is 5.31. The molecule has 2 rings (SSSR count). The Morgan fingerprint density at radius 3 is 2.65 bits per heavy atom. The first-order valence-corrected chi connectivity index (χ1v) is 7.81. The van der Waals surface area contributed by atoms with Crippen molar-refractivity contribution >= 4 is 5.82 Å². The topological polar surface area (TPSA) is 76.1 Å². The number of aryl methyl sites for hydroxylation is 1. The van der Waals surface area contributed by atoms with Crippen molar-refractivity contribution < 1.29 is 4.74 Å². The zero-order valence-corrected chi connectivity index (χ0v) is 13.4. The van der Waals surface area contributed by atoms with Gasteiger partial charge in [-0.2, -0.15) is 0 Å². The van der Waals surface area contributed by atoms with Gasteiger partial charge in [-0.3, -0.25) is 14.3 Å². The summed E-state index contributed by atoms with van der Waals surface area (Å²) in [6.07, 6.45) is 3.04. The Kier molecular flexibility index (Phi) is 6.62. The van der Waals surface area contributed by atoms with Gasteiger partial charge in [-0.25, -0.2) is 4.79 Å². The number of benzene rings is 1. The van der Waals surface area contributed by atoms with E-state index in [9.17, 15) is 9.59 Å². The molecule has 2 N–H and O–H groups in total. The molecule has 124 valence electrons. The number of aromatic nitrogens is 2. The van der Waals surface area contributed by atoms with Gasteiger partial charge in [-0.05, 0) is 24.8 Å². The van der Waals surface area contributed by atoms with E-state index < -0.39 is 5.69 Å². The van der Waals surface area contributed by atoms with Crippen molar-refractivity contribution in [3.63, 3.8) is 0 Å². The lowest BCUT2D eigenvalue weighted by Gasteiger charge is -2.08. The SMILES string of the molecule is COCCn1c(=O)cc(NCCCCc2ccccc2)[nH]c1=O. The number of nitrogens with zero attached hydrogens (tertiary/aromatic N) is 1. The third-order valence-corrected chi connectivity index (χ3v) is 3.59. The molecule has 0 bridgehead atoms. The Morgan fingerprint density at radius 1 is 1.17 bits per heavy atom. The summed E-state index contributed by atoms with van der Waals surface area (Å²) in [4.78, 5) is 26.4.